The molecule has 34 heavy (non-hydrogen) atoms. The van der Waals surface area contributed by atoms with Gasteiger partial charge in [-0.05, 0) is 37.9 Å². The highest BCUT2D eigenvalue weighted by Crippen LogP contribution is 2.29. The van der Waals surface area contributed by atoms with E-state index < -0.39 is 5.97 Å². The van der Waals surface area contributed by atoms with Crippen LogP contribution in [0.2, 0.25) is 0 Å². The van der Waals surface area contributed by atoms with E-state index in [1.807, 2.05) is 60.7 Å². The molecule has 1 heterocycles. The summed E-state index contributed by atoms with van der Waals surface area (Å²) < 4.78 is 12.6. The van der Waals surface area contributed by atoms with E-state index in [-0.39, 0.29) is 29.8 Å². The summed E-state index contributed by atoms with van der Waals surface area (Å²) in [7, 11) is 3.35. The van der Waals surface area contributed by atoms with Gasteiger partial charge in [0.1, 0.15) is 12.3 Å². The minimum Gasteiger partial charge on any atom is -0.484 e. The molecule has 0 bridgehead atoms. The monoisotopic (exact) mass is 463 g/mol. The van der Waals surface area contributed by atoms with Gasteiger partial charge in [0.2, 0.25) is 5.69 Å². The summed E-state index contributed by atoms with van der Waals surface area (Å²) in [6.07, 6.45) is 2.34. The molecule has 0 amide bonds. The lowest BCUT2D eigenvalue weighted by atomic mass is 10.0. The number of ether oxygens (including phenoxy) is 2. The smallest absolute Gasteiger partial charge is 0.362 e. The second-order valence-corrected chi connectivity index (χ2v) is 8.43. The van der Waals surface area contributed by atoms with E-state index >= 15 is 0 Å². The van der Waals surface area contributed by atoms with Gasteiger partial charge in [-0.25, -0.2) is 4.79 Å². The Balaban J connectivity index is 2.03. The zero-order valence-corrected chi connectivity index (χ0v) is 20.3. The zero-order valence-electron chi connectivity index (χ0n) is 20.3. The number of aromatic nitrogens is 2. The molecule has 7 nitrogen and oxygen atoms in total. The average Bonchev–Trinajstić information content (AvgIpc) is 3.25. The van der Waals surface area contributed by atoms with E-state index in [0.717, 1.165) is 17.5 Å². The maximum atomic E-state index is 12.6. The normalized spacial score (nSPS) is 12.9. The van der Waals surface area contributed by atoms with Gasteiger partial charge in [-0.2, -0.15) is 5.10 Å². The Morgan fingerprint density at radius 1 is 1.09 bits per heavy atom. The van der Waals surface area contributed by atoms with Crippen LogP contribution in [-0.4, -0.2) is 53.7 Å². The van der Waals surface area contributed by atoms with Gasteiger partial charge in [-0.1, -0.05) is 67.6 Å². The van der Waals surface area contributed by atoms with Crippen LogP contribution in [0.3, 0.4) is 0 Å². The summed E-state index contributed by atoms with van der Waals surface area (Å²) in [6, 6.07) is 19.8. The van der Waals surface area contributed by atoms with Gasteiger partial charge < -0.3 is 14.4 Å². The Morgan fingerprint density at radius 3 is 2.26 bits per heavy atom. The van der Waals surface area contributed by atoms with Crippen LogP contribution in [0, 0.1) is 0 Å². The fraction of sp³-hybridized carbons (Fsp3) is 0.370. The van der Waals surface area contributed by atoms with Gasteiger partial charge in [-0.3, -0.25) is 9.48 Å². The number of benzene rings is 2. The lowest BCUT2D eigenvalue weighted by molar-refractivity contribution is 0.0587. The number of hydrogen-bond acceptors (Lipinski definition) is 6. The zero-order chi connectivity index (χ0) is 24.5. The maximum absolute atomic E-state index is 12.6. The first-order valence-corrected chi connectivity index (χ1v) is 11.5. The van der Waals surface area contributed by atoms with Gasteiger partial charge in [0.15, 0.2) is 12.0 Å². The highest BCUT2D eigenvalue weighted by Gasteiger charge is 2.29. The molecule has 2 aromatic carbocycles. The molecule has 2 atom stereocenters. The van der Waals surface area contributed by atoms with Gasteiger partial charge in [0, 0.05) is 12.6 Å². The molecule has 0 fully saturated rings. The third-order valence-corrected chi connectivity index (χ3v) is 6.12. The highest BCUT2D eigenvalue weighted by atomic mass is 16.5. The molecule has 0 aliphatic heterocycles. The summed E-state index contributed by atoms with van der Waals surface area (Å²) in [5.74, 6) is -0.492. The molecular formula is C27H33N3O4. The van der Waals surface area contributed by atoms with Crippen molar-refractivity contribution in [3.05, 3.63) is 83.2 Å². The topological polar surface area (TPSA) is 73.7 Å². The van der Waals surface area contributed by atoms with E-state index in [1.165, 1.54) is 7.11 Å². The van der Waals surface area contributed by atoms with Gasteiger partial charge in [-0.15, -0.1) is 0 Å². The summed E-state index contributed by atoms with van der Waals surface area (Å²) in [4.78, 5) is 27.1. The minimum atomic E-state index is -0.640. The lowest BCUT2D eigenvalue weighted by Gasteiger charge is -2.29. The molecule has 7 heteroatoms. The van der Waals surface area contributed by atoms with Crippen molar-refractivity contribution in [2.45, 2.75) is 45.4 Å². The van der Waals surface area contributed by atoms with Crippen LogP contribution in [0.15, 0.2) is 60.7 Å². The van der Waals surface area contributed by atoms with Gasteiger partial charge in [0.05, 0.1) is 13.2 Å². The molecule has 0 aliphatic rings. The fourth-order valence-electron chi connectivity index (χ4n) is 3.86. The lowest BCUT2D eigenvalue weighted by Crippen LogP contribution is -2.36. The van der Waals surface area contributed by atoms with Crippen molar-refractivity contribution < 1.29 is 19.1 Å². The Morgan fingerprint density at radius 2 is 1.71 bits per heavy atom. The quantitative estimate of drug-likeness (QED) is 0.289. The second kappa shape index (κ2) is 12.1. The molecule has 180 valence electrons. The predicted molar refractivity (Wildman–Crippen MR) is 131 cm³/mol. The molecule has 3 aromatic rings. The van der Waals surface area contributed by atoms with Crippen molar-refractivity contribution in [3.8, 4) is 5.75 Å². The van der Waals surface area contributed by atoms with E-state index in [9.17, 15) is 9.59 Å². The summed E-state index contributed by atoms with van der Waals surface area (Å²) in [6.45, 7) is 5.15. The number of aldehydes is 1. The largest absolute Gasteiger partial charge is 0.484 e. The van der Waals surface area contributed by atoms with Gasteiger partial charge >= 0.3 is 5.97 Å². The molecule has 0 N–H and O–H groups in total. The van der Waals surface area contributed by atoms with Crippen molar-refractivity contribution in [2.75, 3.05) is 20.7 Å². The summed E-state index contributed by atoms with van der Waals surface area (Å²) >= 11 is 0. The van der Waals surface area contributed by atoms with E-state index in [0.29, 0.717) is 25.3 Å². The third-order valence-electron chi connectivity index (χ3n) is 6.12. The molecule has 3 rings (SSSR count). The Bertz CT molecular complexity index is 1070. The van der Waals surface area contributed by atoms with Crippen LogP contribution in [0.25, 0.3) is 0 Å². The van der Waals surface area contributed by atoms with Crippen molar-refractivity contribution in [1.82, 2.24) is 14.7 Å². The first kappa shape index (κ1) is 25.2. The van der Waals surface area contributed by atoms with E-state index in [1.54, 1.807) is 4.68 Å². The van der Waals surface area contributed by atoms with Crippen LogP contribution >= 0.6 is 0 Å². The van der Waals surface area contributed by atoms with Crippen LogP contribution < -0.4 is 4.74 Å². The first-order valence-electron chi connectivity index (χ1n) is 11.5. The number of rotatable bonds is 12. The first-order chi connectivity index (χ1) is 16.5. The highest BCUT2D eigenvalue weighted by molar-refractivity contribution is 5.94. The number of hydrogen-bond donors (Lipinski definition) is 0. The van der Waals surface area contributed by atoms with Crippen molar-refractivity contribution in [3.63, 3.8) is 0 Å². The SMILES string of the molecule is CCC(C)N(C)CC(Cc1ccccc1)n1nc(C(=O)OC)c(OCc2ccccc2)c1C=O. The van der Waals surface area contributed by atoms with E-state index in [2.05, 4.69) is 30.9 Å². The second-order valence-electron chi connectivity index (χ2n) is 8.43. The Hall–Kier alpha value is -3.45. The number of likely N-dealkylation sites (N-methyl/N-ethyl adjacent to an activating group) is 1. The number of carbonyl (C=O) groups excluding carboxylic acids is 2. The molecule has 0 radical (unpaired) electrons. The molecule has 0 saturated carbocycles. The number of carbonyl (C=O) groups is 2. The number of nitrogens with zero attached hydrogens (tertiary/aromatic N) is 3. The summed E-state index contributed by atoms with van der Waals surface area (Å²) in [5, 5.41) is 4.56. The summed E-state index contributed by atoms with van der Waals surface area (Å²) in [5.41, 5.74) is 2.27. The van der Waals surface area contributed by atoms with Crippen molar-refractivity contribution in [1.29, 1.82) is 0 Å². The van der Waals surface area contributed by atoms with Crippen molar-refractivity contribution in [2.24, 2.45) is 0 Å². The minimum absolute atomic E-state index is 0.00443. The third kappa shape index (κ3) is 6.11. The van der Waals surface area contributed by atoms with Crippen molar-refractivity contribution >= 4 is 12.3 Å². The van der Waals surface area contributed by atoms with Crippen LogP contribution in [0.1, 0.15) is 58.4 Å². The van der Waals surface area contributed by atoms with Crippen LogP contribution in [-0.2, 0) is 17.8 Å². The standard InChI is InChI=1S/C27H33N3O4/c1-5-20(2)29(3)17-23(16-21-12-8-6-9-13-21)30-24(18-31)26(25(28-30)27(32)33-4)34-19-22-14-10-7-11-15-22/h6-15,18,20,23H,5,16-17,19H2,1-4H3. The molecule has 0 saturated heterocycles. The van der Waals surface area contributed by atoms with Crippen LogP contribution in [0.4, 0.5) is 0 Å². The Kier molecular flexibility index (Phi) is 8.99. The average molecular weight is 464 g/mol. The fourth-order valence-corrected chi connectivity index (χ4v) is 3.86. The predicted octanol–water partition coefficient (Wildman–Crippen LogP) is 4.58. The maximum Gasteiger partial charge on any atom is 0.362 e. The Labute approximate surface area is 201 Å². The number of esters is 1. The molecular weight excluding hydrogens is 430 g/mol. The van der Waals surface area contributed by atoms with E-state index in [4.69, 9.17) is 9.47 Å². The number of methoxy groups -OCH3 is 1. The van der Waals surface area contributed by atoms with Gasteiger partial charge in [0.25, 0.3) is 0 Å². The van der Waals surface area contributed by atoms with Crippen LogP contribution in [0.5, 0.6) is 5.75 Å². The molecule has 0 spiro atoms. The molecule has 0 aliphatic carbocycles. The molecule has 1 aromatic heterocycles. The molecule has 2 unspecified atom stereocenters.